The van der Waals surface area contributed by atoms with Crippen LogP contribution in [0.25, 0.3) is 76.2 Å². The molecule has 0 amide bonds. The minimum Gasteiger partial charge on any atom is -0.454 e. The predicted molar refractivity (Wildman–Crippen MR) is 263 cm³/mol. The average Bonchev–Trinajstić information content (AvgIpc) is 3.88. The van der Waals surface area contributed by atoms with Crippen molar-refractivity contribution in [2.75, 3.05) is 9.80 Å². The molecule has 4 nitrogen and oxygen atoms in total. The minimum atomic E-state index is 0.850. The summed E-state index contributed by atoms with van der Waals surface area (Å²) in [4.78, 5) is 6.51. The lowest BCUT2D eigenvalue weighted by Gasteiger charge is -2.29. The SMILES string of the molecule is CCc1cccc2c1oc1c(N(c3ccc(S)cc3)c3ccc4ccc5c(N(c6ccc(S)cc6)c6cccc7c6oc6c(C)cccc67)ccc6ccc3c4c65)cccc12. The Morgan fingerprint density at radius 2 is 0.820 bits per heavy atom. The fourth-order valence-electron chi connectivity index (χ4n) is 9.62. The van der Waals surface area contributed by atoms with Crippen molar-refractivity contribution in [1.82, 2.24) is 0 Å². The Balaban J connectivity index is 1.13. The van der Waals surface area contributed by atoms with E-state index in [1.165, 1.54) is 27.1 Å². The number of rotatable bonds is 7. The molecule has 0 atom stereocenters. The highest BCUT2D eigenvalue weighted by atomic mass is 32.1. The second kappa shape index (κ2) is 13.8. The topological polar surface area (TPSA) is 32.8 Å². The summed E-state index contributed by atoms with van der Waals surface area (Å²) in [5.74, 6) is 0. The van der Waals surface area contributed by atoms with Gasteiger partial charge >= 0.3 is 0 Å². The van der Waals surface area contributed by atoms with Gasteiger partial charge in [0.05, 0.1) is 22.7 Å². The van der Waals surface area contributed by atoms with Gasteiger partial charge in [-0.25, -0.2) is 0 Å². The van der Waals surface area contributed by atoms with Crippen LogP contribution < -0.4 is 9.80 Å². The van der Waals surface area contributed by atoms with Gasteiger partial charge in [-0.3, -0.25) is 0 Å². The van der Waals surface area contributed by atoms with Crippen molar-refractivity contribution in [1.29, 1.82) is 0 Å². The number of benzene rings is 10. The van der Waals surface area contributed by atoms with E-state index in [9.17, 15) is 0 Å². The Kier molecular flexibility index (Phi) is 8.18. The van der Waals surface area contributed by atoms with Crippen molar-refractivity contribution in [2.45, 2.75) is 30.1 Å². The number of para-hydroxylation sites is 4. The molecule has 292 valence electrons. The zero-order valence-corrected chi connectivity index (χ0v) is 35.3. The Labute approximate surface area is 363 Å². The zero-order valence-electron chi connectivity index (χ0n) is 33.5. The molecule has 0 radical (unpaired) electrons. The summed E-state index contributed by atoms with van der Waals surface area (Å²) in [5, 5.41) is 11.5. The first-order valence-electron chi connectivity index (χ1n) is 20.7. The van der Waals surface area contributed by atoms with Crippen LogP contribution in [0.1, 0.15) is 18.1 Å². The van der Waals surface area contributed by atoms with E-state index in [1.807, 2.05) is 0 Å². The van der Waals surface area contributed by atoms with Crippen molar-refractivity contribution in [3.8, 4) is 0 Å². The van der Waals surface area contributed by atoms with Gasteiger partial charge in [0.1, 0.15) is 11.2 Å². The summed E-state index contributed by atoms with van der Waals surface area (Å²) < 4.78 is 13.7. The standard InChI is InChI=1S/C55H38N2O2S2/c1-3-33-9-5-11-41-43-13-7-15-49(55(43)59-53(33)41)57(37-22-26-39(61)27-23-37)47-31-19-35-16-28-44-46(30-18-34-17-29-45(47)51(35)50(34)44)56(36-20-24-38(60)25-21-36)48-14-6-12-42-40-10-4-8-32(2)52(40)58-54(42)48/h4-31,60-61H,3H2,1-2H3. The van der Waals surface area contributed by atoms with Crippen LogP contribution in [-0.4, -0.2) is 0 Å². The number of hydrogen-bond acceptors (Lipinski definition) is 6. The molecule has 0 saturated heterocycles. The van der Waals surface area contributed by atoms with Crippen LogP contribution in [0.3, 0.4) is 0 Å². The molecule has 0 bridgehead atoms. The maximum absolute atomic E-state index is 6.89. The molecule has 0 N–H and O–H groups in total. The van der Waals surface area contributed by atoms with Gasteiger partial charge in [-0.2, -0.15) is 0 Å². The van der Waals surface area contributed by atoms with Crippen molar-refractivity contribution >= 4 is 136 Å². The molecule has 10 aromatic carbocycles. The number of furan rings is 2. The highest BCUT2D eigenvalue weighted by molar-refractivity contribution is 7.80. The van der Waals surface area contributed by atoms with Gasteiger partial charge < -0.3 is 18.6 Å². The fraction of sp³-hybridized carbons (Fsp3) is 0.0545. The second-order valence-corrected chi connectivity index (χ2v) is 16.9. The molecule has 61 heavy (non-hydrogen) atoms. The van der Waals surface area contributed by atoms with E-state index in [0.29, 0.717) is 0 Å². The van der Waals surface area contributed by atoms with Crippen LogP contribution in [0.2, 0.25) is 0 Å². The summed E-state index contributed by atoms with van der Waals surface area (Å²) in [5.41, 5.74) is 12.0. The Bertz CT molecular complexity index is 3680. The lowest BCUT2D eigenvalue weighted by Crippen LogP contribution is -2.12. The molecule has 2 aromatic heterocycles. The number of hydrogen-bond donors (Lipinski definition) is 2. The lowest BCUT2D eigenvalue weighted by atomic mass is 9.91. The van der Waals surface area contributed by atoms with E-state index < -0.39 is 0 Å². The van der Waals surface area contributed by atoms with E-state index in [0.717, 1.165) is 111 Å². The third-order valence-electron chi connectivity index (χ3n) is 12.5. The second-order valence-electron chi connectivity index (χ2n) is 15.9. The summed E-state index contributed by atoms with van der Waals surface area (Å²) in [6, 6.07) is 60.7. The normalized spacial score (nSPS) is 12.0. The maximum atomic E-state index is 6.89. The summed E-state index contributed by atoms with van der Waals surface area (Å²) in [6.07, 6.45) is 0.891. The van der Waals surface area contributed by atoms with Gasteiger partial charge in [-0.1, -0.05) is 104 Å². The number of fused-ring (bicyclic) bond motifs is 6. The van der Waals surface area contributed by atoms with Crippen molar-refractivity contribution < 1.29 is 8.83 Å². The Hall–Kier alpha value is -6.86. The van der Waals surface area contributed by atoms with Gasteiger partial charge in [0.2, 0.25) is 0 Å². The van der Waals surface area contributed by atoms with E-state index in [2.05, 4.69) is 219 Å². The van der Waals surface area contributed by atoms with E-state index in [-0.39, 0.29) is 0 Å². The van der Waals surface area contributed by atoms with Crippen LogP contribution >= 0.6 is 25.3 Å². The molecular weight excluding hydrogens is 785 g/mol. The number of anilines is 6. The fourth-order valence-corrected chi connectivity index (χ4v) is 9.92. The van der Waals surface area contributed by atoms with Gasteiger partial charge in [0.15, 0.2) is 11.2 Å². The first kappa shape index (κ1) is 36.0. The first-order valence-corrected chi connectivity index (χ1v) is 21.6. The highest BCUT2D eigenvalue weighted by Crippen LogP contribution is 2.50. The molecule has 6 heteroatoms. The largest absolute Gasteiger partial charge is 0.454 e. The zero-order chi connectivity index (χ0) is 40.9. The van der Waals surface area contributed by atoms with E-state index in [4.69, 9.17) is 8.83 Å². The molecule has 0 saturated carbocycles. The summed E-state index contributed by atoms with van der Waals surface area (Å²) in [7, 11) is 0. The lowest BCUT2D eigenvalue weighted by molar-refractivity contribution is 0.663. The van der Waals surface area contributed by atoms with E-state index in [1.54, 1.807) is 0 Å². The number of nitrogens with zero attached hydrogens (tertiary/aromatic N) is 2. The highest BCUT2D eigenvalue weighted by Gasteiger charge is 2.26. The van der Waals surface area contributed by atoms with Crippen molar-refractivity contribution in [3.05, 3.63) is 181 Å². The summed E-state index contributed by atoms with van der Waals surface area (Å²) >= 11 is 9.36. The molecule has 0 aliphatic heterocycles. The molecule has 12 rings (SSSR count). The quantitative estimate of drug-likeness (QED) is 0.124. The smallest absolute Gasteiger partial charge is 0.159 e. The predicted octanol–water partition coefficient (Wildman–Crippen LogP) is 16.8. The number of aryl methyl sites for hydroxylation is 2. The molecule has 0 fully saturated rings. The van der Waals surface area contributed by atoms with Crippen molar-refractivity contribution in [2.24, 2.45) is 0 Å². The third-order valence-corrected chi connectivity index (χ3v) is 13.1. The van der Waals surface area contributed by atoms with E-state index >= 15 is 0 Å². The molecular formula is C55H38N2O2S2. The van der Waals surface area contributed by atoms with Gasteiger partial charge in [-0.15, -0.1) is 25.3 Å². The van der Waals surface area contributed by atoms with Crippen LogP contribution in [-0.2, 0) is 6.42 Å². The van der Waals surface area contributed by atoms with Gasteiger partial charge in [-0.05, 0) is 119 Å². The van der Waals surface area contributed by atoms with Gasteiger partial charge in [0.25, 0.3) is 0 Å². The molecule has 2 heterocycles. The van der Waals surface area contributed by atoms with Crippen LogP contribution in [0.15, 0.2) is 188 Å². The molecule has 0 unspecified atom stereocenters. The molecule has 0 aliphatic carbocycles. The maximum Gasteiger partial charge on any atom is 0.159 e. The molecule has 12 aromatic rings. The first-order chi connectivity index (χ1) is 29.9. The minimum absolute atomic E-state index is 0.850. The van der Waals surface area contributed by atoms with Crippen LogP contribution in [0, 0.1) is 6.92 Å². The van der Waals surface area contributed by atoms with Crippen LogP contribution in [0.4, 0.5) is 34.1 Å². The Morgan fingerprint density at radius 3 is 1.33 bits per heavy atom. The summed E-state index contributed by atoms with van der Waals surface area (Å²) in [6.45, 7) is 4.29. The Morgan fingerprint density at radius 1 is 0.393 bits per heavy atom. The molecule has 0 aliphatic rings. The average molecular weight is 823 g/mol. The van der Waals surface area contributed by atoms with Crippen molar-refractivity contribution in [3.63, 3.8) is 0 Å². The monoisotopic (exact) mass is 822 g/mol. The molecule has 0 spiro atoms. The van der Waals surface area contributed by atoms with Gasteiger partial charge in [0, 0.05) is 53.5 Å². The third kappa shape index (κ3) is 5.49. The van der Waals surface area contributed by atoms with Crippen LogP contribution in [0.5, 0.6) is 0 Å². The number of thiol groups is 2.